The predicted octanol–water partition coefficient (Wildman–Crippen LogP) is 2.95. The highest BCUT2D eigenvalue weighted by Gasteiger charge is 2.30. The van der Waals surface area contributed by atoms with Crippen molar-refractivity contribution in [1.82, 2.24) is 15.5 Å². The number of aromatic amines is 1. The third-order valence-corrected chi connectivity index (χ3v) is 4.76. The number of amides is 2. The molecule has 4 N–H and O–H groups in total. The van der Waals surface area contributed by atoms with Crippen LogP contribution in [0.2, 0.25) is 0 Å². The van der Waals surface area contributed by atoms with Crippen LogP contribution in [0.1, 0.15) is 65.4 Å². The molecule has 9 nitrogen and oxygen atoms in total. The molecule has 29 heavy (non-hydrogen) atoms. The zero-order valence-electron chi connectivity index (χ0n) is 16.3. The van der Waals surface area contributed by atoms with E-state index in [1.54, 1.807) is 6.07 Å². The Balaban J connectivity index is 1.58. The zero-order chi connectivity index (χ0) is 21.0. The minimum atomic E-state index is -0.441. The lowest BCUT2D eigenvalue weighted by atomic mass is 10.0. The number of hydrogen-bond donors (Lipinski definition) is 4. The van der Waals surface area contributed by atoms with Crippen molar-refractivity contribution in [2.45, 2.75) is 51.2 Å². The second kappa shape index (κ2) is 8.76. The molecule has 0 spiro atoms. The van der Waals surface area contributed by atoms with E-state index in [-0.39, 0.29) is 34.9 Å². The van der Waals surface area contributed by atoms with Crippen LogP contribution in [0.15, 0.2) is 24.3 Å². The monoisotopic (exact) mass is 400 g/mol. The maximum Gasteiger partial charge on any atom is 0.407 e. The molecule has 2 aromatic rings. The molecule has 2 amide bonds. The van der Waals surface area contributed by atoms with Crippen molar-refractivity contribution in [3.05, 3.63) is 41.1 Å². The van der Waals surface area contributed by atoms with Crippen molar-refractivity contribution in [3.63, 3.8) is 0 Å². The Labute approximate surface area is 167 Å². The lowest BCUT2D eigenvalue weighted by molar-refractivity contribution is 0.0979. The number of nitrogens with zero attached hydrogens (tertiary/aromatic N) is 1. The van der Waals surface area contributed by atoms with Crippen molar-refractivity contribution >= 4 is 24.1 Å². The maximum atomic E-state index is 12.4. The van der Waals surface area contributed by atoms with E-state index < -0.39 is 12.0 Å². The average Bonchev–Trinajstić information content (AvgIpc) is 3.30. The summed E-state index contributed by atoms with van der Waals surface area (Å²) in [6, 6.07) is 5.80. The Hall–Kier alpha value is -3.36. The largest absolute Gasteiger partial charge is 0.507 e. The molecule has 0 aliphatic heterocycles. The van der Waals surface area contributed by atoms with Gasteiger partial charge in [-0.3, -0.25) is 14.7 Å². The van der Waals surface area contributed by atoms with Crippen molar-refractivity contribution in [1.29, 1.82) is 0 Å². The molecule has 1 aromatic heterocycles. The van der Waals surface area contributed by atoms with Gasteiger partial charge >= 0.3 is 6.09 Å². The summed E-state index contributed by atoms with van der Waals surface area (Å²) in [5, 5.41) is 21.9. The number of aromatic nitrogens is 2. The standard InChI is InChI=1S/C20H24N4O5/c1-11(2)21-20(28)29-15-5-3-12(8-15)16-9-18(24-23-16)22-19(27)13-4-6-17(26)14(7-13)10-25/h4,6-7,9-12,15,26H,3,5,8H2,1-2H3,(H,21,28)(H2,22,23,24,27). The first kappa shape index (κ1) is 20.4. The van der Waals surface area contributed by atoms with Gasteiger partial charge in [0.25, 0.3) is 5.91 Å². The molecule has 1 aromatic carbocycles. The Morgan fingerprint density at radius 1 is 1.31 bits per heavy atom. The number of benzene rings is 1. The van der Waals surface area contributed by atoms with Gasteiger partial charge < -0.3 is 20.5 Å². The van der Waals surface area contributed by atoms with E-state index in [1.165, 1.54) is 18.2 Å². The highest BCUT2D eigenvalue weighted by Crippen LogP contribution is 2.35. The number of alkyl carbamates (subject to hydrolysis) is 1. The number of carbonyl (C=O) groups is 3. The van der Waals surface area contributed by atoms with Gasteiger partial charge in [0.2, 0.25) is 0 Å². The zero-order valence-corrected chi connectivity index (χ0v) is 16.3. The van der Waals surface area contributed by atoms with Gasteiger partial charge in [0.15, 0.2) is 12.1 Å². The van der Waals surface area contributed by atoms with Crippen LogP contribution in [0.3, 0.4) is 0 Å². The number of rotatable bonds is 6. The van der Waals surface area contributed by atoms with E-state index >= 15 is 0 Å². The molecule has 9 heteroatoms. The summed E-state index contributed by atoms with van der Waals surface area (Å²) in [7, 11) is 0. The third-order valence-electron chi connectivity index (χ3n) is 4.76. The number of ether oxygens (including phenoxy) is 1. The Kier molecular flexibility index (Phi) is 6.16. The lowest BCUT2D eigenvalue weighted by Gasteiger charge is -2.14. The molecule has 0 saturated heterocycles. The van der Waals surface area contributed by atoms with Crippen LogP contribution in [0, 0.1) is 0 Å². The Morgan fingerprint density at radius 3 is 2.83 bits per heavy atom. The Morgan fingerprint density at radius 2 is 2.10 bits per heavy atom. The SMILES string of the molecule is CC(C)NC(=O)OC1CCC(c2cc(NC(=O)c3ccc(O)c(C=O)c3)n[nH]2)C1. The molecular weight excluding hydrogens is 376 g/mol. The number of phenolic OH excluding ortho intramolecular Hbond substituents is 1. The Bertz CT molecular complexity index is 908. The lowest BCUT2D eigenvalue weighted by Crippen LogP contribution is -2.33. The number of nitrogens with one attached hydrogen (secondary N) is 3. The highest BCUT2D eigenvalue weighted by molar-refractivity contribution is 6.04. The van der Waals surface area contributed by atoms with Crippen molar-refractivity contribution in [2.75, 3.05) is 5.32 Å². The number of aromatic hydroxyl groups is 1. The molecule has 1 aliphatic carbocycles. The van der Waals surface area contributed by atoms with Gasteiger partial charge in [0.1, 0.15) is 11.9 Å². The fraction of sp³-hybridized carbons (Fsp3) is 0.400. The maximum absolute atomic E-state index is 12.4. The first-order valence-corrected chi connectivity index (χ1v) is 9.47. The highest BCUT2D eigenvalue weighted by atomic mass is 16.6. The summed E-state index contributed by atoms with van der Waals surface area (Å²) in [4.78, 5) is 35.0. The van der Waals surface area contributed by atoms with Gasteiger partial charge in [-0.25, -0.2) is 4.79 Å². The quantitative estimate of drug-likeness (QED) is 0.551. The molecule has 2 atom stereocenters. The second-order valence-corrected chi connectivity index (χ2v) is 7.39. The molecule has 3 rings (SSSR count). The van der Waals surface area contributed by atoms with E-state index in [4.69, 9.17) is 4.74 Å². The number of phenols is 1. The molecule has 1 fully saturated rings. The summed E-state index contributed by atoms with van der Waals surface area (Å²) in [6.45, 7) is 3.74. The summed E-state index contributed by atoms with van der Waals surface area (Å²) >= 11 is 0. The van der Waals surface area contributed by atoms with E-state index in [1.807, 2.05) is 13.8 Å². The molecule has 1 saturated carbocycles. The summed E-state index contributed by atoms with van der Waals surface area (Å²) in [5.74, 6) is -0.115. The number of carbonyl (C=O) groups excluding carboxylic acids is 3. The second-order valence-electron chi connectivity index (χ2n) is 7.39. The number of hydrogen-bond acceptors (Lipinski definition) is 6. The van der Waals surface area contributed by atoms with Gasteiger partial charge in [-0.05, 0) is 51.3 Å². The minimum absolute atomic E-state index is 0.0228. The topological polar surface area (TPSA) is 133 Å². The van der Waals surface area contributed by atoms with Crippen LogP contribution >= 0.6 is 0 Å². The van der Waals surface area contributed by atoms with Crippen LogP contribution in [-0.4, -0.2) is 45.7 Å². The van der Waals surface area contributed by atoms with Crippen LogP contribution in [0.4, 0.5) is 10.6 Å². The summed E-state index contributed by atoms with van der Waals surface area (Å²) in [6.07, 6.45) is 2.21. The molecule has 2 unspecified atom stereocenters. The van der Waals surface area contributed by atoms with E-state index in [0.29, 0.717) is 18.5 Å². The first-order valence-electron chi connectivity index (χ1n) is 9.47. The minimum Gasteiger partial charge on any atom is -0.507 e. The third kappa shape index (κ3) is 5.13. The van der Waals surface area contributed by atoms with Crippen molar-refractivity contribution < 1.29 is 24.2 Å². The van der Waals surface area contributed by atoms with Crippen molar-refractivity contribution in [2.24, 2.45) is 0 Å². The molecule has 1 aliphatic rings. The van der Waals surface area contributed by atoms with E-state index in [0.717, 1.165) is 18.5 Å². The van der Waals surface area contributed by atoms with Gasteiger partial charge in [-0.15, -0.1) is 0 Å². The fourth-order valence-electron chi connectivity index (χ4n) is 3.34. The fourth-order valence-corrected chi connectivity index (χ4v) is 3.34. The number of anilines is 1. The number of aldehydes is 1. The van der Waals surface area contributed by atoms with Crippen LogP contribution in [0.5, 0.6) is 5.75 Å². The number of H-pyrrole nitrogens is 1. The van der Waals surface area contributed by atoms with Gasteiger partial charge in [-0.2, -0.15) is 5.10 Å². The van der Waals surface area contributed by atoms with Gasteiger partial charge in [0.05, 0.1) is 5.56 Å². The normalized spacial score (nSPS) is 18.4. The van der Waals surface area contributed by atoms with Gasteiger partial charge in [0, 0.05) is 29.3 Å². The van der Waals surface area contributed by atoms with Crippen LogP contribution in [-0.2, 0) is 4.74 Å². The molecular formula is C20H24N4O5. The molecule has 154 valence electrons. The van der Waals surface area contributed by atoms with Crippen LogP contribution < -0.4 is 10.6 Å². The molecule has 0 radical (unpaired) electrons. The van der Waals surface area contributed by atoms with E-state index in [2.05, 4.69) is 20.8 Å². The van der Waals surface area contributed by atoms with Crippen LogP contribution in [0.25, 0.3) is 0 Å². The molecule has 0 bridgehead atoms. The smallest absolute Gasteiger partial charge is 0.407 e. The van der Waals surface area contributed by atoms with Crippen molar-refractivity contribution in [3.8, 4) is 5.75 Å². The summed E-state index contributed by atoms with van der Waals surface area (Å²) in [5.41, 5.74) is 1.13. The van der Waals surface area contributed by atoms with Gasteiger partial charge in [-0.1, -0.05) is 0 Å². The summed E-state index contributed by atoms with van der Waals surface area (Å²) < 4.78 is 5.43. The molecule has 1 heterocycles. The predicted molar refractivity (Wildman–Crippen MR) is 105 cm³/mol. The van der Waals surface area contributed by atoms with E-state index in [9.17, 15) is 19.5 Å². The first-order chi connectivity index (χ1) is 13.9. The average molecular weight is 400 g/mol.